The second kappa shape index (κ2) is 12.8. The molecule has 5 aromatic carbocycles. The number of hydrogen-bond acceptors (Lipinski definition) is 6. The van der Waals surface area contributed by atoms with Gasteiger partial charge >= 0.3 is 0 Å². The first kappa shape index (κ1) is 35.2. The number of rotatable bonds is 8. The molecule has 0 atom stereocenters. The number of aromatic hydroxyl groups is 1. The number of ketones is 1. The van der Waals surface area contributed by atoms with Gasteiger partial charge in [0, 0.05) is 27.6 Å². The van der Waals surface area contributed by atoms with Crippen molar-refractivity contribution in [2.75, 3.05) is 4.72 Å². The smallest absolute Gasteiger partial charge is 0.261 e. The molecule has 0 radical (unpaired) electrons. The Morgan fingerprint density at radius 2 is 1.48 bits per heavy atom. The van der Waals surface area contributed by atoms with Gasteiger partial charge in [-0.2, -0.15) is 0 Å². The van der Waals surface area contributed by atoms with E-state index in [1.165, 1.54) is 24.3 Å². The van der Waals surface area contributed by atoms with Crippen molar-refractivity contribution in [3.05, 3.63) is 130 Å². The fourth-order valence-electron chi connectivity index (χ4n) is 7.34. The Kier molecular flexibility index (Phi) is 8.67. The number of aromatic nitrogens is 1. The zero-order chi connectivity index (χ0) is 37.2. The van der Waals surface area contributed by atoms with Crippen molar-refractivity contribution < 1.29 is 23.1 Å². The normalized spacial score (nSPS) is 12.9. The van der Waals surface area contributed by atoms with Gasteiger partial charge < -0.3 is 9.84 Å². The van der Waals surface area contributed by atoms with Crippen molar-refractivity contribution in [3.63, 3.8) is 0 Å². The van der Waals surface area contributed by atoms with Gasteiger partial charge in [0.2, 0.25) is 0 Å². The first-order valence-electron chi connectivity index (χ1n) is 17.0. The summed E-state index contributed by atoms with van der Waals surface area (Å²) in [6, 6.07) is 29.5. The quantitative estimate of drug-likeness (QED) is 0.161. The first-order chi connectivity index (χ1) is 24.5. The van der Waals surface area contributed by atoms with Gasteiger partial charge in [0.1, 0.15) is 17.0 Å². The number of aryl methyl sites for hydroxylation is 1. The van der Waals surface area contributed by atoms with Crippen LogP contribution in [0.4, 0.5) is 5.69 Å². The number of fused-ring (bicyclic) bond motifs is 2. The number of halogens is 1. The average molecular weight is 731 g/mol. The standard InChI is InChI=1S/C43H39ClN2O5S/c1-25-11-18-29(19-12-25)52(49,50)46-35-23-37(51-28-16-13-26(14-17-28)43(5,6)24-42(2,3)4)40-38-32(30-9-7-8-10-31(30)41(48)39(35)38)22-34(45-40)33-21-27(44)15-20-36(33)47/h7-23,46-47H,24H2,1-6H3. The zero-order valence-electron chi connectivity index (χ0n) is 29.8. The maximum atomic E-state index is 14.4. The van der Waals surface area contributed by atoms with Gasteiger partial charge in [-0.25, -0.2) is 13.4 Å². The van der Waals surface area contributed by atoms with Crippen LogP contribution in [0.5, 0.6) is 17.2 Å². The molecule has 2 N–H and O–H groups in total. The zero-order valence-corrected chi connectivity index (χ0v) is 31.4. The SMILES string of the molecule is Cc1ccc(S(=O)(=O)Nc2cc(Oc3ccc(C(C)(C)CC(C)(C)C)cc3)c3nc(-c4cc(Cl)ccc4O)cc4c3c2C(=O)c2ccccc2-4)cc1. The van der Waals surface area contributed by atoms with Gasteiger partial charge in [0.25, 0.3) is 10.0 Å². The summed E-state index contributed by atoms with van der Waals surface area (Å²) in [5, 5.41) is 11.8. The van der Waals surface area contributed by atoms with Crippen LogP contribution in [0.25, 0.3) is 33.3 Å². The van der Waals surface area contributed by atoms with Crippen LogP contribution in [0.15, 0.2) is 108 Å². The van der Waals surface area contributed by atoms with E-state index in [1.54, 1.807) is 42.5 Å². The van der Waals surface area contributed by atoms with Crippen LogP contribution >= 0.6 is 11.6 Å². The van der Waals surface area contributed by atoms with Gasteiger partial charge in [-0.1, -0.05) is 100 Å². The molecule has 0 spiro atoms. The highest BCUT2D eigenvalue weighted by atomic mass is 35.5. The van der Waals surface area contributed by atoms with Crippen LogP contribution in [0.2, 0.25) is 5.02 Å². The number of carbonyl (C=O) groups is 1. The number of nitrogens with zero attached hydrogens (tertiary/aromatic N) is 1. The lowest BCUT2D eigenvalue weighted by Crippen LogP contribution is -2.24. The monoisotopic (exact) mass is 730 g/mol. The molecule has 0 fully saturated rings. The first-order valence-corrected chi connectivity index (χ1v) is 18.9. The summed E-state index contributed by atoms with van der Waals surface area (Å²) in [4.78, 5) is 19.4. The Bertz CT molecular complexity index is 2500. The van der Waals surface area contributed by atoms with Crippen molar-refractivity contribution in [1.29, 1.82) is 0 Å². The van der Waals surface area contributed by atoms with E-state index in [0.717, 1.165) is 17.5 Å². The summed E-state index contributed by atoms with van der Waals surface area (Å²) < 4.78 is 37.0. The molecule has 0 saturated carbocycles. The predicted molar refractivity (Wildman–Crippen MR) is 208 cm³/mol. The van der Waals surface area contributed by atoms with Gasteiger partial charge in [0.15, 0.2) is 11.5 Å². The number of carbonyl (C=O) groups excluding carboxylic acids is 1. The number of benzene rings is 5. The number of sulfonamides is 1. The lowest BCUT2D eigenvalue weighted by atomic mass is 9.72. The van der Waals surface area contributed by atoms with Gasteiger partial charge in [0.05, 0.1) is 21.8 Å². The number of phenols is 1. The Morgan fingerprint density at radius 1 is 0.808 bits per heavy atom. The third-order valence-electron chi connectivity index (χ3n) is 9.38. The predicted octanol–water partition coefficient (Wildman–Crippen LogP) is 11.1. The van der Waals surface area contributed by atoms with E-state index in [1.807, 2.05) is 43.3 Å². The number of anilines is 1. The van der Waals surface area contributed by atoms with E-state index in [9.17, 15) is 18.3 Å². The molecule has 0 unspecified atom stereocenters. The Balaban J connectivity index is 1.47. The molecule has 1 heterocycles. The highest BCUT2D eigenvalue weighted by molar-refractivity contribution is 7.92. The van der Waals surface area contributed by atoms with Crippen molar-refractivity contribution >= 4 is 44.0 Å². The van der Waals surface area contributed by atoms with Crippen LogP contribution in [-0.4, -0.2) is 24.3 Å². The van der Waals surface area contributed by atoms with Gasteiger partial charge in [-0.15, -0.1) is 0 Å². The summed E-state index contributed by atoms with van der Waals surface area (Å²) >= 11 is 6.38. The minimum Gasteiger partial charge on any atom is -0.507 e. The van der Waals surface area contributed by atoms with Crippen molar-refractivity contribution in [2.24, 2.45) is 5.41 Å². The third-order valence-corrected chi connectivity index (χ3v) is 11.0. The molecule has 264 valence electrons. The van der Waals surface area contributed by atoms with Crippen molar-refractivity contribution in [1.82, 2.24) is 4.98 Å². The maximum Gasteiger partial charge on any atom is 0.261 e. The molecular weight excluding hydrogens is 692 g/mol. The van der Waals surface area contributed by atoms with Crippen LogP contribution < -0.4 is 9.46 Å². The maximum absolute atomic E-state index is 14.4. The lowest BCUT2D eigenvalue weighted by Gasteiger charge is -2.33. The molecule has 1 aromatic heterocycles. The number of nitrogens with one attached hydrogen (secondary N) is 1. The number of ether oxygens (including phenoxy) is 1. The Labute approximate surface area is 309 Å². The van der Waals surface area contributed by atoms with E-state index in [4.69, 9.17) is 21.3 Å². The molecule has 9 heteroatoms. The average Bonchev–Trinajstić information content (AvgIpc) is 3.08. The molecule has 52 heavy (non-hydrogen) atoms. The lowest BCUT2D eigenvalue weighted by molar-refractivity contribution is 0.104. The molecule has 1 aliphatic rings. The Morgan fingerprint density at radius 3 is 2.15 bits per heavy atom. The molecule has 7 nitrogen and oxygen atoms in total. The summed E-state index contributed by atoms with van der Waals surface area (Å²) in [5.41, 5.74) is 5.09. The highest BCUT2D eigenvalue weighted by Gasteiger charge is 2.33. The number of hydrogen-bond donors (Lipinski definition) is 2. The molecular formula is C43H39ClN2O5S. The highest BCUT2D eigenvalue weighted by Crippen LogP contribution is 2.48. The number of phenolic OH excluding ortho intramolecular Hbond substituents is 1. The largest absolute Gasteiger partial charge is 0.507 e. The molecule has 0 aliphatic heterocycles. The summed E-state index contributed by atoms with van der Waals surface area (Å²) in [6.07, 6.45) is 0.970. The van der Waals surface area contributed by atoms with Crippen LogP contribution in [0, 0.1) is 12.3 Å². The van der Waals surface area contributed by atoms with E-state index >= 15 is 0 Å². The van der Waals surface area contributed by atoms with E-state index < -0.39 is 10.0 Å². The second-order valence-corrected chi connectivity index (χ2v) is 17.4. The fraction of sp³-hybridized carbons (Fsp3) is 0.209. The van der Waals surface area contributed by atoms with Crippen molar-refractivity contribution in [2.45, 2.75) is 58.3 Å². The van der Waals surface area contributed by atoms with E-state index in [0.29, 0.717) is 49.6 Å². The number of pyridine rings is 1. The fourth-order valence-corrected chi connectivity index (χ4v) is 8.58. The van der Waals surface area contributed by atoms with Crippen molar-refractivity contribution in [3.8, 4) is 39.6 Å². The van der Waals surface area contributed by atoms with Crippen LogP contribution in [0.3, 0.4) is 0 Å². The van der Waals surface area contributed by atoms with Gasteiger partial charge in [-0.05, 0) is 89.4 Å². The van der Waals surface area contributed by atoms with Gasteiger partial charge in [-0.3, -0.25) is 9.52 Å². The molecule has 1 aliphatic carbocycles. The summed E-state index contributed by atoms with van der Waals surface area (Å²) in [7, 11) is -4.14. The molecule has 7 rings (SSSR count). The third kappa shape index (κ3) is 6.64. The molecule has 6 aromatic rings. The summed E-state index contributed by atoms with van der Waals surface area (Å²) in [5.74, 6) is 0.341. The Hall–Kier alpha value is -5.18. The topological polar surface area (TPSA) is 106 Å². The van der Waals surface area contributed by atoms with Crippen LogP contribution in [0.1, 0.15) is 68.1 Å². The van der Waals surface area contributed by atoms with E-state index in [-0.39, 0.29) is 44.3 Å². The molecule has 0 bridgehead atoms. The molecule has 0 saturated heterocycles. The van der Waals surface area contributed by atoms with Crippen LogP contribution in [-0.2, 0) is 15.4 Å². The summed E-state index contributed by atoms with van der Waals surface area (Å²) in [6.45, 7) is 13.0. The minimum absolute atomic E-state index is 0.0257. The molecule has 0 amide bonds. The van der Waals surface area contributed by atoms with E-state index in [2.05, 4.69) is 39.3 Å². The minimum atomic E-state index is -4.14. The second-order valence-electron chi connectivity index (χ2n) is 15.3.